The number of carbonyl (C=O) groups is 1. The van der Waals surface area contributed by atoms with Crippen LogP contribution in [0, 0.1) is 0 Å². The quantitative estimate of drug-likeness (QED) is 0.464. The number of nitrogens with one attached hydrogen (secondary N) is 1. The number of H-pyrrole nitrogens is 1. The van der Waals surface area contributed by atoms with Crippen molar-refractivity contribution in [3.05, 3.63) is 78.2 Å². The molecule has 3 heterocycles. The average molecular weight is 441 g/mol. The van der Waals surface area contributed by atoms with Crippen LogP contribution >= 0.6 is 0 Å². The van der Waals surface area contributed by atoms with Crippen LogP contribution in [0.5, 0.6) is 5.75 Å². The van der Waals surface area contributed by atoms with Crippen molar-refractivity contribution in [1.29, 1.82) is 0 Å². The molecule has 0 saturated heterocycles. The van der Waals surface area contributed by atoms with Crippen LogP contribution in [-0.4, -0.2) is 35.6 Å². The molecule has 0 unspecified atom stereocenters. The normalized spacial score (nSPS) is 15.6. The Balaban J connectivity index is 1.30. The molecule has 2 aromatic heterocycles. The van der Waals surface area contributed by atoms with Gasteiger partial charge >= 0.3 is 0 Å². The van der Waals surface area contributed by atoms with Crippen molar-refractivity contribution < 1.29 is 9.53 Å². The largest absolute Gasteiger partial charge is 0.490 e. The van der Waals surface area contributed by atoms with Gasteiger partial charge in [-0.15, -0.1) is 0 Å². The van der Waals surface area contributed by atoms with Gasteiger partial charge in [0.05, 0.1) is 11.6 Å². The first-order valence-corrected chi connectivity index (χ1v) is 11.2. The van der Waals surface area contributed by atoms with Gasteiger partial charge in [0, 0.05) is 47.6 Å². The number of para-hydroxylation sites is 1. The van der Waals surface area contributed by atoms with E-state index in [0.717, 1.165) is 34.3 Å². The lowest BCUT2D eigenvalue weighted by molar-refractivity contribution is -0.121. The van der Waals surface area contributed by atoms with E-state index in [9.17, 15) is 4.79 Å². The SMILES string of the molecule is CN1C(=O)C(C)(C)c2cc(-c3cncc(OC[C@H](N)Cc4c[nH]c5ccccc45)c3)ccc21. The Morgan fingerprint density at radius 2 is 1.94 bits per heavy atom. The molecule has 0 spiro atoms. The van der Waals surface area contributed by atoms with E-state index in [2.05, 4.69) is 28.2 Å². The van der Waals surface area contributed by atoms with Crippen LogP contribution in [0.1, 0.15) is 25.0 Å². The molecule has 0 radical (unpaired) electrons. The number of aromatic amines is 1. The summed E-state index contributed by atoms with van der Waals surface area (Å²) in [5.41, 5.74) is 12.1. The van der Waals surface area contributed by atoms with Crippen molar-refractivity contribution in [2.75, 3.05) is 18.6 Å². The van der Waals surface area contributed by atoms with E-state index in [4.69, 9.17) is 10.5 Å². The fourth-order valence-corrected chi connectivity index (χ4v) is 4.65. The number of ether oxygens (including phenoxy) is 1. The summed E-state index contributed by atoms with van der Waals surface area (Å²) in [5, 5.41) is 1.19. The summed E-state index contributed by atoms with van der Waals surface area (Å²) in [7, 11) is 1.82. The molecule has 1 atom stereocenters. The molecular formula is C27H28N4O2. The third-order valence-corrected chi connectivity index (χ3v) is 6.54. The highest BCUT2D eigenvalue weighted by molar-refractivity contribution is 6.07. The van der Waals surface area contributed by atoms with Crippen LogP contribution in [0.2, 0.25) is 0 Å². The Labute approximate surface area is 193 Å². The van der Waals surface area contributed by atoms with Gasteiger partial charge in [-0.1, -0.05) is 24.3 Å². The topological polar surface area (TPSA) is 84.2 Å². The van der Waals surface area contributed by atoms with E-state index in [1.54, 1.807) is 11.1 Å². The number of amides is 1. The average Bonchev–Trinajstić information content (AvgIpc) is 3.30. The third kappa shape index (κ3) is 3.76. The first-order chi connectivity index (χ1) is 15.8. The van der Waals surface area contributed by atoms with Gasteiger partial charge < -0.3 is 20.4 Å². The first-order valence-electron chi connectivity index (χ1n) is 11.2. The molecule has 1 aliphatic rings. The predicted molar refractivity (Wildman–Crippen MR) is 132 cm³/mol. The maximum atomic E-state index is 12.6. The van der Waals surface area contributed by atoms with E-state index in [-0.39, 0.29) is 11.9 Å². The van der Waals surface area contributed by atoms with Gasteiger partial charge in [-0.25, -0.2) is 0 Å². The minimum absolute atomic E-state index is 0.106. The summed E-state index contributed by atoms with van der Waals surface area (Å²) in [6, 6.07) is 16.2. The second kappa shape index (κ2) is 8.05. The van der Waals surface area contributed by atoms with Gasteiger partial charge in [-0.05, 0) is 61.2 Å². The van der Waals surface area contributed by atoms with Crippen LogP contribution in [0.3, 0.4) is 0 Å². The number of anilines is 1. The van der Waals surface area contributed by atoms with E-state index in [1.807, 2.05) is 63.6 Å². The van der Waals surface area contributed by atoms with Gasteiger partial charge in [-0.2, -0.15) is 0 Å². The van der Waals surface area contributed by atoms with Crippen molar-refractivity contribution in [1.82, 2.24) is 9.97 Å². The summed E-state index contributed by atoms with van der Waals surface area (Å²) in [4.78, 5) is 22.0. The van der Waals surface area contributed by atoms with Crippen molar-refractivity contribution in [3.63, 3.8) is 0 Å². The molecule has 168 valence electrons. The standard InChI is InChI=1S/C27H28N4O2/c1-27(2)23-12-17(8-9-25(23)31(3)26(27)32)18-11-21(15-29-13-18)33-16-20(28)10-19-14-30-24-7-5-4-6-22(19)24/h4-9,11-15,20,30H,10,16,28H2,1-3H3/t20-/m1/s1. The highest BCUT2D eigenvalue weighted by Crippen LogP contribution is 2.42. The molecule has 1 amide bonds. The van der Waals surface area contributed by atoms with Gasteiger partial charge in [0.2, 0.25) is 5.91 Å². The fourth-order valence-electron chi connectivity index (χ4n) is 4.65. The van der Waals surface area contributed by atoms with Crippen molar-refractivity contribution >= 4 is 22.5 Å². The van der Waals surface area contributed by atoms with E-state index in [0.29, 0.717) is 12.4 Å². The van der Waals surface area contributed by atoms with Crippen molar-refractivity contribution in [2.24, 2.45) is 5.73 Å². The highest BCUT2D eigenvalue weighted by Gasteiger charge is 2.42. The van der Waals surface area contributed by atoms with Gasteiger partial charge in [0.15, 0.2) is 0 Å². The number of aromatic nitrogens is 2. The van der Waals surface area contributed by atoms with E-state index in [1.165, 1.54) is 10.9 Å². The number of nitrogens with two attached hydrogens (primary N) is 1. The van der Waals surface area contributed by atoms with Gasteiger partial charge in [0.1, 0.15) is 12.4 Å². The molecule has 3 N–H and O–H groups in total. The van der Waals surface area contributed by atoms with Crippen LogP contribution in [0.15, 0.2) is 67.1 Å². The fraction of sp³-hybridized carbons (Fsp3) is 0.259. The zero-order chi connectivity index (χ0) is 23.2. The Hall–Kier alpha value is -3.64. The van der Waals surface area contributed by atoms with Gasteiger partial charge in [0.25, 0.3) is 0 Å². The zero-order valence-corrected chi connectivity index (χ0v) is 19.1. The molecule has 0 fully saturated rings. The lowest BCUT2D eigenvalue weighted by atomic mass is 9.85. The molecule has 0 aliphatic carbocycles. The molecule has 4 aromatic rings. The molecule has 2 aromatic carbocycles. The predicted octanol–water partition coefficient (Wildman–Crippen LogP) is 4.43. The maximum Gasteiger partial charge on any atom is 0.236 e. The number of hydrogen-bond acceptors (Lipinski definition) is 4. The Morgan fingerprint density at radius 1 is 1.12 bits per heavy atom. The number of hydrogen-bond donors (Lipinski definition) is 2. The van der Waals surface area contributed by atoms with Crippen molar-refractivity contribution in [3.8, 4) is 16.9 Å². The van der Waals surface area contributed by atoms with E-state index < -0.39 is 5.41 Å². The van der Waals surface area contributed by atoms with Crippen molar-refractivity contribution in [2.45, 2.75) is 31.7 Å². The molecular weight excluding hydrogens is 412 g/mol. The Kier molecular flexibility index (Phi) is 5.17. The smallest absolute Gasteiger partial charge is 0.236 e. The van der Waals surface area contributed by atoms with Gasteiger partial charge in [-0.3, -0.25) is 9.78 Å². The summed E-state index contributed by atoms with van der Waals surface area (Å²) in [6.07, 6.45) is 6.26. The van der Waals surface area contributed by atoms with Crippen LogP contribution < -0.4 is 15.4 Å². The van der Waals surface area contributed by atoms with E-state index >= 15 is 0 Å². The summed E-state index contributed by atoms with van der Waals surface area (Å²) >= 11 is 0. The number of likely N-dealkylation sites (N-methyl/N-ethyl adjacent to an activating group) is 1. The number of benzene rings is 2. The molecule has 0 saturated carbocycles. The summed E-state index contributed by atoms with van der Waals surface area (Å²) in [5.74, 6) is 0.781. The molecule has 5 rings (SSSR count). The molecule has 6 nitrogen and oxygen atoms in total. The second-order valence-electron chi connectivity index (χ2n) is 9.27. The Morgan fingerprint density at radius 3 is 2.79 bits per heavy atom. The molecule has 33 heavy (non-hydrogen) atoms. The minimum Gasteiger partial charge on any atom is -0.490 e. The second-order valence-corrected chi connectivity index (χ2v) is 9.27. The van der Waals surface area contributed by atoms with Crippen LogP contribution in [0.25, 0.3) is 22.0 Å². The highest BCUT2D eigenvalue weighted by atomic mass is 16.5. The first kappa shape index (κ1) is 21.2. The number of nitrogens with zero attached hydrogens (tertiary/aromatic N) is 2. The number of pyridine rings is 1. The molecule has 6 heteroatoms. The molecule has 1 aliphatic heterocycles. The third-order valence-electron chi connectivity index (χ3n) is 6.54. The molecule has 0 bridgehead atoms. The minimum atomic E-state index is -0.545. The Bertz CT molecular complexity index is 1340. The summed E-state index contributed by atoms with van der Waals surface area (Å²) in [6.45, 7) is 4.32. The lowest BCUT2D eigenvalue weighted by Gasteiger charge is -2.17. The number of rotatable bonds is 6. The van der Waals surface area contributed by atoms with Crippen LogP contribution in [-0.2, 0) is 16.6 Å². The maximum absolute atomic E-state index is 12.6. The lowest BCUT2D eigenvalue weighted by Crippen LogP contribution is -2.33. The monoisotopic (exact) mass is 440 g/mol. The summed E-state index contributed by atoms with van der Waals surface area (Å²) < 4.78 is 6.00. The number of fused-ring (bicyclic) bond motifs is 2. The zero-order valence-electron chi connectivity index (χ0n) is 19.1. The van der Waals surface area contributed by atoms with Crippen LogP contribution in [0.4, 0.5) is 5.69 Å². The number of carbonyl (C=O) groups excluding carboxylic acids is 1.